The lowest BCUT2D eigenvalue weighted by atomic mass is 10.0. The molecule has 3 rings (SSSR count). The van der Waals surface area contributed by atoms with E-state index >= 15 is 0 Å². The summed E-state index contributed by atoms with van der Waals surface area (Å²) in [4.78, 5) is 27.8. The molecule has 1 saturated heterocycles. The average molecular weight is 444 g/mol. The van der Waals surface area contributed by atoms with E-state index in [1.54, 1.807) is 24.8 Å². The summed E-state index contributed by atoms with van der Waals surface area (Å²) in [5.41, 5.74) is 1.14. The molecule has 166 valence electrons. The van der Waals surface area contributed by atoms with Gasteiger partial charge >= 0.3 is 0 Å². The van der Waals surface area contributed by atoms with Crippen LogP contribution in [0.1, 0.15) is 42.6 Å². The topological polar surface area (TPSA) is 95.6 Å². The summed E-state index contributed by atoms with van der Waals surface area (Å²) < 4.78 is 27.4. The van der Waals surface area contributed by atoms with Gasteiger partial charge in [0.1, 0.15) is 6.04 Å². The van der Waals surface area contributed by atoms with Crippen LogP contribution in [0.3, 0.4) is 0 Å². The largest absolute Gasteiger partial charge is 0.341 e. The van der Waals surface area contributed by atoms with Crippen molar-refractivity contribution in [2.24, 2.45) is 0 Å². The van der Waals surface area contributed by atoms with Crippen LogP contribution in [0.4, 0.5) is 0 Å². The number of amides is 2. The first-order valence-electron chi connectivity index (χ1n) is 10.5. The van der Waals surface area contributed by atoms with Crippen molar-refractivity contribution in [1.29, 1.82) is 0 Å². The molecule has 1 aliphatic heterocycles. The Balaban J connectivity index is 1.81. The molecule has 0 bridgehead atoms. The zero-order valence-electron chi connectivity index (χ0n) is 17.9. The van der Waals surface area contributed by atoms with Gasteiger partial charge in [-0.25, -0.2) is 13.1 Å². The van der Waals surface area contributed by atoms with Gasteiger partial charge in [-0.15, -0.1) is 0 Å². The average Bonchev–Trinajstić information content (AvgIpc) is 3.27. The Morgan fingerprint density at radius 1 is 1.00 bits per heavy atom. The fourth-order valence-electron chi connectivity index (χ4n) is 3.63. The van der Waals surface area contributed by atoms with Gasteiger partial charge in [0.2, 0.25) is 15.9 Å². The molecule has 7 nitrogen and oxygen atoms in total. The van der Waals surface area contributed by atoms with Crippen LogP contribution in [0.15, 0.2) is 59.5 Å². The number of sulfonamides is 1. The third-order valence-electron chi connectivity index (χ3n) is 5.10. The van der Waals surface area contributed by atoms with Crippen LogP contribution >= 0.6 is 0 Å². The number of carbonyl (C=O) groups excluding carboxylic acids is 2. The molecule has 2 aromatic rings. The van der Waals surface area contributed by atoms with E-state index in [0.717, 1.165) is 18.4 Å². The van der Waals surface area contributed by atoms with E-state index in [0.29, 0.717) is 19.5 Å². The van der Waals surface area contributed by atoms with Crippen molar-refractivity contribution < 1.29 is 18.0 Å². The van der Waals surface area contributed by atoms with E-state index in [9.17, 15) is 18.0 Å². The highest BCUT2D eigenvalue weighted by molar-refractivity contribution is 7.89. The number of rotatable bonds is 8. The first-order valence-corrected chi connectivity index (χ1v) is 12.0. The van der Waals surface area contributed by atoms with Gasteiger partial charge in [0.15, 0.2) is 0 Å². The van der Waals surface area contributed by atoms with E-state index in [2.05, 4.69) is 10.0 Å². The van der Waals surface area contributed by atoms with Crippen LogP contribution in [-0.4, -0.2) is 50.3 Å². The van der Waals surface area contributed by atoms with Crippen molar-refractivity contribution in [2.45, 2.75) is 50.1 Å². The predicted molar refractivity (Wildman–Crippen MR) is 119 cm³/mol. The lowest BCUT2D eigenvalue weighted by Gasteiger charge is -2.24. The normalized spacial score (nSPS) is 15.1. The van der Waals surface area contributed by atoms with Crippen LogP contribution in [0.2, 0.25) is 0 Å². The minimum atomic E-state index is -3.73. The summed E-state index contributed by atoms with van der Waals surface area (Å²) in [6.07, 6.45) is 2.29. The fourth-order valence-corrected chi connectivity index (χ4v) is 4.93. The second kappa shape index (κ2) is 10.1. The number of nitrogens with zero attached hydrogens (tertiary/aromatic N) is 1. The molecule has 2 N–H and O–H groups in total. The quantitative estimate of drug-likeness (QED) is 0.655. The van der Waals surface area contributed by atoms with Crippen molar-refractivity contribution in [3.05, 3.63) is 65.7 Å². The molecular weight excluding hydrogens is 414 g/mol. The fraction of sp³-hybridized carbons (Fsp3) is 0.391. The van der Waals surface area contributed by atoms with Crippen molar-refractivity contribution in [2.75, 3.05) is 13.1 Å². The monoisotopic (exact) mass is 443 g/mol. The summed E-state index contributed by atoms with van der Waals surface area (Å²) in [7, 11) is -3.73. The number of benzene rings is 2. The molecule has 2 aromatic carbocycles. The highest BCUT2D eigenvalue weighted by Gasteiger charge is 2.28. The highest BCUT2D eigenvalue weighted by Crippen LogP contribution is 2.15. The SMILES string of the molecule is CC(C)NS(=O)(=O)c1cccc(C(=O)N[C@@H](Cc2ccccc2)C(=O)N2CCCC2)c1. The van der Waals surface area contributed by atoms with Crippen LogP contribution in [0.25, 0.3) is 0 Å². The minimum Gasteiger partial charge on any atom is -0.341 e. The summed E-state index contributed by atoms with van der Waals surface area (Å²) >= 11 is 0. The van der Waals surface area contributed by atoms with Crippen LogP contribution in [-0.2, 0) is 21.2 Å². The summed E-state index contributed by atoms with van der Waals surface area (Å²) in [5, 5.41) is 2.83. The zero-order valence-corrected chi connectivity index (χ0v) is 18.7. The lowest BCUT2D eigenvalue weighted by molar-refractivity contribution is -0.132. The molecule has 0 saturated carbocycles. The summed E-state index contributed by atoms with van der Waals surface area (Å²) in [6, 6.07) is 14.4. The van der Waals surface area contributed by atoms with Gasteiger partial charge in [0.25, 0.3) is 5.91 Å². The predicted octanol–water partition coefficient (Wildman–Crippen LogP) is 2.34. The highest BCUT2D eigenvalue weighted by atomic mass is 32.2. The number of hydrogen-bond acceptors (Lipinski definition) is 4. The minimum absolute atomic E-state index is 0.0133. The smallest absolute Gasteiger partial charge is 0.251 e. The van der Waals surface area contributed by atoms with Crippen LogP contribution in [0, 0.1) is 0 Å². The summed E-state index contributed by atoms with van der Waals surface area (Å²) in [5.74, 6) is -0.588. The van der Waals surface area contributed by atoms with Crippen molar-refractivity contribution in [1.82, 2.24) is 14.9 Å². The van der Waals surface area contributed by atoms with E-state index in [-0.39, 0.29) is 22.4 Å². The van der Waals surface area contributed by atoms with Gasteiger partial charge in [-0.3, -0.25) is 9.59 Å². The lowest BCUT2D eigenvalue weighted by Crippen LogP contribution is -2.49. The Morgan fingerprint density at radius 2 is 1.68 bits per heavy atom. The molecule has 1 heterocycles. The molecule has 0 aromatic heterocycles. The van der Waals surface area contributed by atoms with E-state index in [4.69, 9.17) is 0 Å². The Hall–Kier alpha value is -2.71. The first-order chi connectivity index (χ1) is 14.8. The number of carbonyl (C=O) groups is 2. The first kappa shape index (κ1) is 23.0. The maximum atomic E-state index is 13.1. The second-order valence-electron chi connectivity index (χ2n) is 8.05. The number of likely N-dealkylation sites (tertiary alicyclic amines) is 1. The number of nitrogens with one attached hydrogen (secondary N) is 2. The van der Waals surface area contributed by atoms with Crippen molar-refractivity contribution in [3.63, 3.8) is 0 Å². The van der Waals surface area contributed by atoms with Gasteiger partial charge in [-0.05, 0) is 50.5 Å². The molecule has 1 atom stereocenters. The third-order valence-corrected chi connectivity index (χ3v) is 6.76. The molecule has 0 spiro atoms. The van der Waals surface area contributed by atoms with E-state index < -0.39 is 22.0 Å². The molecule has 2 amide bonds. The molecule has 0 aliphatic carbocycles. The number of hydrogen-bond donors (Lipinski definition) is 2. The maximum Gasteiger partial charge on any atom is 0.251 e. The van der Waals surface area contributed by atoms with E-state index in [1.807, 2.05) is 30.3 Å². The Bertz CT molecular complexity index is 1020. The molecular formula is C23H29N3O4S. The molecule has 1 aliphatic rings. The van der Waals surface area contributed by atoms with Gasteiger partial charge in [-0.1, -0.05) is 36.4 Å². The van der Waals surface area contributed by atoms with Crippen LogP contribution < -0.4 is 10.0 Å². The maximum absolute atomic E-state index is 13.1. The molecule has 1 fully saturated rings. The second-order valence-corrected chi connectivity index (χ2v) is 9.77. The molecule has 0 unspecified atom stereocenters. The standard InChI is InChI=1S/C23H29N3O4S/c1-17(2)25-31(29,30)20-12-8-11-19(16-20)22(27)24-21(15-18-9-4-3-5-10-18)23(28)26-13-6-7-14-26/h3-5,8-12,16-17,21,25H,6-7,13-15H2,1-2H3,(H,24,27)/t21-/m0/s1. The van der Waals surface area contributed by atoms with Crippen molar-refractivity contribution >= 4 is 21.8 Å². The molecule has 31 heavy (non-hydrogen) atoms. The van der Waals surface area contributed by atoms with Gasteiger partial charge in [-0.2, -0.15) is 0 Å². The van der Waals surface area contributed by atoms with E-state index in [1.165, 1.54) is 18.2 Å². The third kappa shape index (κ3) is 6.15. The zero-order chi connectivity index (χ0) is 22.4. The molecule has 0 radical (unpaired) electrons. The Kier molecular flexibility index (Phi) is 7.46. The van der Waals surface area contributed by atoms with Gasteiger partial charge in [0, 0.05) is 31.1 Å². The van der Waals surface area contributed by atoms with Crippen LogP contribution in [0.5, 0.6) is 0 Å². The van der Waals surface area contributed by atoms with Gasteiger partial charge < -0.3 is 10.2 Å². The van der Waals surface area contributed by atoms with Crippen molar-refractivity contribution in [3.8, 4) is 0 Å². The Morgan fingerprint density at radius 3 is 2.32 bits per heavy atom. The Labute approximate surface area is 183 Å². The van der Waals surface area contributed by atoms with Gasteiger partial charge in [0.05, 0.1) is 4.90 Å². The summed E-state index contributed by atoms with van der Waals surface area (Å²) in [6.45, 7) is 4.84. The molecule has 8 heteroatoms.